The number of nitrogens with one attached hydrogen (secondary N) is 1. The highest BCUT2D eigenvalue weighted by Gasteiger charge is 2.33. The maximum Gasteiger partial charge on any atom is 0.0586 e. The van der Waals surface area contributed by atoms with Gasteiger partial charge in [-0.3, -0.25) is 4.90 Å². The summed E-state index contributed by atoms with van der Waals surface area (Å²) in [6.07, 6.45) is 8.49. The fraction of sp³-hybridized carbons (Fsp3) is 1.00. The molecule has 3 atom stereocenters. The van der Waals surface area contributed by atoms with E-state index in [-0.39, 0.29) is 0 Å². The smallest absolute Gasteiger partial charge is 0.0586 e. The number of nitrogens with zero attached hydrogens (tertiary/aromatic N) is 1. The molecule has 0 aromatic carbocycles. The van der Waals surface area contributed by atoms with Crippen LogP contribution in [0.2, 0.25) is 0 Å². The van der Waals surface area contributed by atoms with Gasteiger partial charge in [0.25, 0.3) is 0 Å². The van der Waals surface area contributed by atoms with Crippen LogP contribution in [0.3, 0.4) is 0 Å². The van der Waals surface area contributed by atoms with E-state index >= 15 is 0 Å². The summed E-state index contributed by atoms with van der Waals surface area (Å²) in [7, 11) is 1.87. The van der Waals surface area contributed by atoms with E-state index in [9.17, 15) is 0 Å². The van der Waals surface area contributed by atoms with Gasteiger partial charge in [-0.15, -0.1) is 0 Å². The number of hydrogen-bond acceptors (Lipinski definition) is 3. The minimum atomic E-state index is 0.508. The molecule has 17 heavy (non-hydrogen) atoms. The van der Waals surface area contributed by atoms with Gasteiger partial charge in [0.2, 0.25) is 0 Å². The number of hydrogen-bond donors (Lipinski definition) is 1. The summed E-state index contributed by atoms with van der Waals surface area (Å²) in [5.41, 5.74) is 0. The molecule has 2 fully saturated rings. The van der Waals surface area contributed by atoms with Crippen molar-refractivity contribution in [1.29, 1.82) is 0 Å². The predicted octanol–water partition coefficient (Wildman–Crippen LogP) is 2.02. The summed E-state index contributed by atoms with van der Waals surface area (Å²) in [5, 5.41) is 3.51. The van der Waals surface area contributed by atoms with Crippen molar-refractivity contribution in [2.45, 2.75) is 63.6 Å². The quantitative estimate of drug-likeness (QED) is 0.795. The Morgan fingerprint density at radius 2 is 2.12 bits per heavy atom. The third-order valence-corrected chi connectivity index (χ3v) is 4.45. The Balaban J connectivity index is 1.86. The highest BCUT2D eigenvalue weighted by Crippen LogP contribution is 2.30. The van der Waals surface area contributed by atoms with E-state index < -0.39 is 0 Å². The Morgan fingerprint density at radius 3 is 2.88 bits per heavy atom. The predicted molar refractivity (Wildman–Crippen MR) is 71.3 cm³/mol. The molecule has 1 saturated heterocycles. The first-order valence-electron chi connectivity index (χ1n) is 7.34. The van der Waals surface area contributed by atoms with Crippen LogP contribution in [0, 0.1) is 0 Å². The first-order valence-corrected chi connectivity index (χ1v) is 7.34. The topological polar surface area (TPSA) is 24.5 Å². The minimum absolute atomic E-state index is 0.508. The third-order valence-electron chi connectivity index (χ3n) is 4.45. The molecular formula is C14H28N2O. The van der Waals surface area contributed by atoms with E-state index in [1.54, 1.807) is 0 Å². The van der Waals surface area contributed by atoms with Crippen LogP contribution in [0.5, 0.6) is 0 Å². The van der Waals surface area contributed by atoms with Gasteiger partial charge in [-0.2, -0.15) is 0 Å². The summed E-state index contributed by atoms with van der Waals surface area (Å²) >= 11 is 0. The second-order valence-electron chi connectivity index (χ2n) is 5.52. The van der Waals surface area contributed by atoms with Crippen molar-refractivity contribution >= 4 is 0 Å². The molecule has 1 saturated carbocycles. The molecule has 1 heterocycles. The van der Waals surface area contributed by atoms with Crippen molar-refractivity contribution in [2.75, 3.05) is 26.7 Å². The molecule has 0 aromatic heterocycles. The van der Waals surface area contributed by atoms with Gasteiger partial charge < -0.3 is 10.1 Å². The van der Waals surface area contributed by atoms with Crippen molar-refractivity contribution in [2.24, 2.45) is 0 Å². The maximum absolute atomic E-state index is 5.56. The van der Waals surface area contributed by atoms with Gasteiger partial charge in [0, 0.05) is 25.7 Å². The molecule has 2 aliphatic rings. The Kier molecular flexibility index (Phi) is 5.26. The van der Waals surface area contributed by atoms with Gasteiger partial charge in [0.15, 0.2) is 0 Å². The van der Waals surface area contributed by atoms with E-state index in [2.05, 4.69) is 17.1 Å². The maximum atomic E-state index is 5.56. The Morgan fingerprint density at radius 1 is 1.24 bits per heavy atom. The van der Waals surface area contributed by atoms with Gasteiger partial charge in [-0.25, -0.2) is 0 Å². The van der Waals surface area contributed by atoms with Crippen molar-refractivity contribution in [1.82, 2.24) is 10.2 Å². The molecule has 0 spiro atoms. The van der Waals surface area contributed by atoms with E-state index in [4.69, 9.17) is 4.74 Å². The first-order chi connectivity index (χ1) is 8.35. The lowest BCUT2D eigenvalue weighted by atomic mass is 9.91. The van der Waals surface area contributed by atoms with Crippen LogP contribution in [-0.4, -0.2) is 49.8 Å². The van der Waals surface area contributed by atoms with E-state index in [1.807, 2.05) is 7.11 Å². The minimum Gasteiger partial charge on any atom is -0.381 e. The average molecular weight is 240 g/mol. The van der Waals surface area contributed by atoms with Crippen LogP contribution < -0.4 is 5.32 Å². The largest absolute Gasteiger partial charge is 0.381 e. The highest BCUT2D eigenvalue weighted by atomic mass is 16.5. The summed E-state index contributed by atoms with van der Waals surface area (Å²) in [4.78, 5) is 2.76. The number of methoxy groups -OCH3 is 1. The monoisotopic (exact) mass is 240 g/mol. The number of likely N-dealkylation sites (tertiary alicyclic amines) is 1. The molecule has 3 heteroatoms. The summed E-state index contributed by atoms with van der Waals surface area (Å²) in [5.74, 6) is 0. The summed E-state index contributed by atoms with van der Waals surface area (Å²) in [6.45, 7) is 5.76. The zero-order valence-corrected chi connectivity index (χ0v) is 11.5. The van der Waals surface area contributed by atoms with Crippen molar-refractivity contribution in [3.8, 4) is 0 Å². The molecule has 0 amide bonds. The lowest BCUT2D eigenvalue weighted by molar-refractivity contribution is 0.0243. The summed E-state index contributed by atoms with van der Waals surface area (Å²) < 4.78 is 5.56. The van der Waals surface area contributed by atoms with Crippen LogP contribution in [0.15, 0.2) is 0 Å². The molecule has 100 valence electrons. The molecule has 0 radical (unpaired) electrons. The zero-order valence-electron chi connectivity index (χ0n) is 11.5. The number of ether oxygens (including phenoxy) is 1. The second-order valence-corrected chi connectivity index (χ2v) is 5.52. The summed E-state index contributed by atoms with van der Waals surface area (Å²) in [6, 6.07) is 1.55. The lowest BCUT2D eigenvalue weighted by Crippen LogP contribution is -2.46. The normalized spacial score (nSPS) is 35.3. The van der Waals surface area contributed by atoms with Crippen molar-refractivity contribution < 1.29 is 4.74 Å². The number of likely N-dealkylation sites (N-methyl/N-ethyl adjacent to an activating group) is 1. The standard InChI is InChI=1S/C14H28N2O/c1-3-15-11-13-7-5-9-16(13)12-6-4-8-14(10-12)17-2/h12-15H,3-11H2,1-2H3. The van der Waals surface area contributed by atoms with Gasteiger partial charge in [-0.1, -0.05) is 6.92 Å². The van der Waals surface area contributed by atoms with Crippen LogP contribution in [0.25, 0.3) is 0 Å². The number of rotatable bonds is 5. The van der Waals surface area contributed by atoms with Crippen molar-refractivity contribution in [3.63, 3.8) is 0 Å². The molecule has 1 aliphatic carbocycles. The Labute approximate surface area is 106 Å². The lowest BCUT2D eigenvalue weighted by Gasteiger charge is -2.38. The highest BCUT2D eigenvalue weighted by molar-refractivity contribution is 4.89. The van der Waals surface area contributed by atoms with Gasteiger partial charge >= 0.3 is 0 Å². The van der Waals surface area contributed by atoms with Gasteiger partial charge in [-0.05, 0) is 51.6 Å². The van der Waals surface area contributed by atoms with Gasteiger partial charge in [0.05, 0.1) is 6.10 Å². The van der Waals surface area contributed by atoms with Crippen LogP contribution in [-0.2, 0) is 4.74 Å². The molecule has 3 nitrogen and oxygen atoms in total. The SMILES string of the molecule is CCNCC1CCCN1C1CCCC(OC)C1. The molecule has 0 bridgehead atoms. The van der Waals surface area contributed by atoms with E-state index in [0.29, 0.717) is 6.10 Å². The first kappa shape index (κ1) is 13.3. The Bertz CT molecular complexity index is 222. The zero-order chi connectivity index (χ0) is 12.1. The Hall–Kier alpha value is -0.120. The molecule has 2 rings (SSSR count). The van der Waals surface area contributed by atoms with Gasteiger partial charge in [0.1, 0.15) is 0 Å². The second kappa shape index (κ2) is 6.72. The molecule has 0 aromatic rings. The molecule has 1 aliphatic heterocycles. The van der Waals surface area contributed by atoms with E-state index in [0.717, 1.165) is 18.6 Å². The average Bonchev–Trinajstić information content (AvgIpc) is 2.84. The molecular weight excluding hydrogens is 212 g/mol. The third kappa shape index (κ3) is 3.43. The van der Waals surface area contributed by atoms with Crippen LogP contribution in [0.1, 0.15) is 45.4 Å². The van der Waals surface area contributed by atoms with Crippen molar-refractivity contribution in [3.05, 3.63) is 0 Å². The fourth-order valence-electron chi connectivity index (χ4n) is 3.50. The molecule has 3 unspecified atom stereocenters. The fourth-order valence-corrected chi connectivity index (χ4v) is 3.50. The molecule has 1 N–H and O–H groups in total. The van der Waals surface area contributed by atoms with Crippen LogP contribution in [0.4, 0.5) is 0 Å². The van der Waals surface area contributed by atoms with Crippen LogP contribution >= 0.6 is 0 Å². The van der Waals surface area contributed by atoms with E-state index in [1.165, 1.54) is 51.6 Å².